The van der Waals surface area contributed by atoms with Crippen molar-refractivity contribution in [3.8, 4) is 5.75 Å². The van der Waals surface area contributed by atoms with Crippen molar-refractivity contribution in [1.82, 2.24) is 9.88 Å². The van der Waals surface area contributed by atoms with Crippen molar-refractivity contribution in [1.29, 1.82) is 0 Å². The van der Waals surface area contributed by atoms with E-state index in [1.165, 1.54) is 5.56 Å². The number of pyridine rings is 1. The molecule has 2 aromatic rings. The van der Waals surface area contributed by atoms with Crippen LogP contribution in [0.4, 0.5) is 5.82 Å². The molecule has 1 aromatic heterocycles. The highest BCUT2D eigenvalue weighted by atomic mass is 16.5. The molecule has 2 saturated heterocycles. The molecule has 0 spiro atoms. The lowest BCUT2D eigenvalue weighted by molar-refractivity contribution is -0.141. The maximum Gasteiger partial charge on any atom is 0.251 e. The van der Waals surface area contributed by atoms with E-state index in [4.69, 9.17) is 14.5 Å². The highest BCUT2D eigenvalue weighted by Crippen LogP contribution is 2.29. The molecule has 0 bridgehead atoms. The Morgan fingerprint density at radius 2 is 2.08 bits per heavy atom. The van der Waals surface area contributed by atoms with Crippen LogP contribution in [0.15, 0.2) is 24.3 Å². The van der Waals surface area contributed by atoms with Crippen LogP contribution in [0.1, 0.15) is 18.4 Å². The highest BCUT2D eigenvalue weighted by molar-refractivity contribution is 5.89. The number of aromatic nitrogens is 1. The van der Waals surface area contributed by atoms with Gasteiger partial charge in [-0.05, 0) is 37.5 Å². The first-order valence-electron chi connectivity index (χ1n) is 9.27. The molecular weight excluding hydrogens is 330 g/mol. The Morgan fingerprint density at radius 1 is 1.27 bits per heavy atom. The van der Waals surface area contributed by atoms with Crippen LogP contribution < -0.4 is 9.64 Å². The van der Waals surface area contributed by atoms with Crippen molar-refractivity contribution < 1.29 is 14.3 Å². The number of rotatable bonds is 3. The Morgan fingerprint density at radius 3 is 2.77 bits per heavy atom. The summed E-state index contributed by atoms with van der Waals surface area (Å²) in [4.78, 5) is 21.5. The second-order valence-corrected chi connectivity index (χ2v) is 6.97. The summed E-state index contributed by atoms with van der Waals surface area (Å²) in [5, 5.41) is 1.11. The smallest absolute Gasteiger partial charge is 0.251 e. The fraction of sp³-hybridized carbons (Fsp3) is 0.500. The summed E-state index contributed by atoms with van der Waals surface area (Å²) in [7, 11) is 1.67. The molecule has 26 heavy (non-hydrogen) atoms. The van der Waals surface area contributed by atoms with Crippen LogP contribution in [0.3, 0.4) is 0 Å². The number of fused-ring (bicyclic) bond motifs is 1. The topological polar surface area (TPSA) is 54.9 Å². The van der Waals surface area contributed by atoms with Gasteiger partial charge in [0.1, 0.15) is 23.2 Å². The Labute approximate surface area is 153 Å². The fourth-order valence-corrected chi connectivity index (χ4v) is 3.83. The number of hydrogen-bond donors (Lipinski definition) is 0. The van der Waals surface area contributed by atoms with Gasteiger partial charge in [0.05, 0.1) is 7.11 Å². The Kier molecular flexibility index (Phi) is 4.68. The predicted molar refractivity (Wildman–Crippen MR) is 101 cm³/mol. The molecule has 2 fully saturated rings. The first-order chi connectivity index (χ1) is 12.7. The second-order valence-electron chi connectivity index (χ2n) is 6.97. The third-order valence-corrected chi connectivity index (χ3v) is 5.34. The lowest BCUT2D eigenvalue weighted by atomic mass is 10.1. The number of carbonyl (C=O) groups is 1. The number of aryl methyl sites for hydroxylation is 1. The van der Waals surface area contributed by atoms with Gasteiger partial charge in [-0.1, -0.05) is 12.1 Å². The largest absolute Gasteiger partial charge is 0.494 e. The predicted octanol–water partition coefficient (Wildman–Crippen LogP) is 2.38. The van der Waals surface area contributed by atoms with Gasteiger partial charge >= 0.3 is 0 Å². The third kappa shape index (κ3) is 3.09. The summed E-state index contributed by atoms with van der Waals surface area (Å²) in [6.45, 7) is 5.80. The molecule has 0 saturated carbocycles. The van der Waals surface area contributed by atoms with Crippen molar-refractivity contribution in [2.45, 2.75) is 25.9 Å². The molecule has 1 aromatic carbocycles. The molecule has 2 aliphatic rings. The van der Waals surface area contributed by atoms with E-state index in [2.05, 4.69) is 24.0 Å². The van der Waals surface area contributed by atoms with E-state index in [0.29, 0.717) is 19.7 Å². The number of anilines is 1. The lowest BCUT2D eigenvalue weighted by Gasteiger charge is -2.36. The summed E-state index contributed by atoms with van der Waals surface area (Å²) in [6.07, 6.45) is 1.61. The standard InChI is InChI=1S/C20H25N3O3/c1-14-13-18(21-19-15(14)5-3-6-16(19)25-2)22-8-10-23(11-9-22)20(24)17-7-4-12-26-17/h3,5-6,13,17H,4,7-12H2,1-2H3. The average molecular weight is 355 g/mol. The van der Waals surface area contributed by atoms with Crippen molar-refractivity contribution in [2.75, 3.05) is 44.8 Å². The Bertz CT molecular complexity index is 809. The normalized spacial score (nSPS) is 20.6. The quantitative estimate of drug-likeness (QED) is 0.846. The number of nitrogens with zero attached hydrogens (tertiary/aromatic N) is 3. The first kappa shape index (κ1) is 17.1. The maximum atomic E-state index is 12.5. The zero-order valence-electron chi connectivity index (χ0n) is 15.4. The van der Waals surface area contributed by atoms with Gasteiger partial charge in [-0.3, -0.25) is 4.79 Å². The fourth-order valence-electron chi connectivity index (χ4n) is 3.83. The number of ether oxygens (including phenoxy) is 2. The number of methoxy groups -OCH3 is 1. The number of carbonyl (C=O) groups excluding carboxylic acids is 1. The van der Waals surface area contributed by atoms with Crippen LogP contribution in [0.2, 0.25) is 0 Å². The van der Waals surface area contributed by atoms with Crippen LogP contribution in [0.5, 0.6) is 5.75 Å². The molecule has 138 valence electrons. The maximum absolute atomic E-state index is 12.5. The van der Waals surface area contributed by atoms with E-state index in [9.17, 15) is 4.79 Å². The van der Waals surface area contributed by atoms with Gasteiger partial charge in [0.25, 0.3) is 5.91 Å². The minimum absolute atomic E-state index is 0.145. The van der Waals surface area contributed by atoms with Crippen LogP contribution in [0, 0.1) is 6.92 Å². The van der Waals surface area contributed by atoms with Crippen molar-refractivity contribution in [3.05, 3.63) is 29.8 Å². The molecule has 1 unspecified atom stereocenters. The minimum atomic E-state index is -0.230. The van der Waals surface area contributed by atoms with Crippen LogP contribution in [-0.2, 0) is 9.53 Å². The number of hydrogen-bond acceptors (Lipinski definition) is 5. The van der Waals surface area contributed by atoms with E-state index in [1.54, 1.807) is 7.11 Å². The number of benzene rings is 1. The SMILES string of the molecule is COc1cccc2c(C)cc(N3CCN(C(=O)C4CCCO4)CC3)nc12. The number of piperazine rings is 1. The molecule has 3 heterocycles. The van der Waals surface area contributed by atoms with Gasteiger partial charge in [-0.2, -0.15) is 0 Å². The molecule has 1 amide bonds. The van der Waals surface area contributed by atoms with Crippen LogP contribution >= 0.6 is 0 Å². The van der Waals surface area contributed by atoms with E-state index in [1.807, 2.05) is 17.0 Å². The third-order valence-electron chi connectivity index (χ3n) is 5.34. The first-order valence-corrected chi connectivity index (χ1v) is 9.27. The molecular formula is C20H25N3O3. The molecule has 6 nitrogen and oxygen atoms in total. The van der Waals surface area contributed by atoms with Gasteiger partial charge in [0.2, 0.25) is 0 Å². The summed E-state index contributed by atoms with van der Waals surface area (Å²) < 4.78 is 11.0. The summed E-state index contributed by atoms with van der Waals surface area (Å²) >= 11 is 0. The van der Waals surface area contributed by atoms with Crippen LogP contribution in [-0.4, -0.2) is 61.8 Å². The molecule has 0 aliphatic carbocycles. The van der Waals surface area contributed by atoms with E-state index in [-0.39, 0.29) is 12.0 Å². The van der Waals surface area contributed by atoms with Gasteiger partial charge in [0.15, 0.2) is 0 Å². The van der Waals surface area contributed by atoms with Gasteiger partial charge < -0.3 is 19.3 Å². The van der Waals surface area contributed by atoms with E-state index in [0.717, 1.165) is 48.4 Å². The molecule has 1 atom stereocenters. The molecule has 2 aliphatic heterocycles. The minimum Gasteiger partial charge on any atom is -0.494 e. The van der Waals surface area contributed by atoms with Crippen molar-refractivity contribution >= 4 is 22.6 Å². The monoisotopic (exact) mass is 355 g/mol. The molecule has 0 N–H and O–H groups in total. The van der Waals surface area contributed by atoms with Crippen LogP contribution in [0.25, 0.3) is 10.9 Å². The van der Waals surface area contributed by atoms with Crippen molar-refractivity contribution in [2.24, 2.45) is 0 Å². The zero-order chi connectivity index (χ0) is 18.1. The lowest BCUT2D eigenvalue weighted by Crippen LogP contribution is -2.51. The number of para-hydroxylation sites is 1. The van der Waals surface area contributed by atoms with Crippen molar-refractivity contribution in [3.63, 3.8) is 0 Å². The summed E-state index contributed by atoms with van der Waals surface area (Å²) in [5.41, 5.74) is 2.07. The van der Waals surface area contributed by atoms with Gasteiger partial charge in [-0.15, -0.1) is 0 Å². The summed E-state index contributed by atoms with van der Waals surface area (Å²) in [5.74, 6) is 1.88. The van der Waals surface area contributed by atoms with Gasteiger partial charge in [-0.25, -0.2) is 4.98 Å². The van der Waals surface area contributed by atoms with Gasteiger partial charge in [0, 0.05) is 38.2 Å². The second kappa shape index (κ2) is 7.11. The highest BCUT2D eigenvalue weighted by Gasteiger charge is 2.30. The Balaban J connectivity index is 1.51. The molecule has 4 rings (SSSR count). The average Bonchev–Trinajstić information content (AvgIpc) is 3.22. The van der Waals surface area contributed by atoms with E-state index < -0.39 is 0 Å². The Hall–Kier alpha value is -2.34. The molecule has 0 radical (unpaired) electrons. The molecule has 6 heteroatoms. The number of amides is 1. The summed E-state index contributed by atoms with van der Waals surface area (Å²) in [6, 6.07) is 8.13. The van der Waals surface area contributed by atoms with E-state index >= 15 is 0 Å². The zero-order valence-corrected chi connectivity index (χ0v) is 15.4.